The summed E-state index contributed by atoms with van der Waals surface area (Å²) < 4.78 is 5.30. The summed E-state index contributed by atoms with van der Waals surface area (Å²) in [4.78, 5) is 0. The van der Waals surface area contributed by atoms with E-state index in [4.69, 9.17) is 4.74 Å². The van der Waals surface area contributed by atoms with Gasteiger partial charge in [-0.3, -0.25) is 0 Å². The second-order valence-corrected chi connectivity index (χ2v) is 5.26. The van der Waals surface area contributed by atoms with Gasteiger partial charge >= 0.3 is 0 Å². The molecule has 2 unspecified atom stereocenters. The molecule has 2 heterocycles. The predicted molar refractivity (Wildman–Crippen MR) is 54.1 cm³/mol. The second-order valence-electron chi connectivity index (χ2n) is 3.71. The highest BCUT2D eigenvalue weighted by Gasteiger charge is 2.28. The van der Waals surface area contributed by atoms with Gasteiger partial charge in [-0.15, -0.1) is 0 Å². The molecule has 76 valence electrons. The van der Waals surface area contributed by atoms with E-state index in [0.717, 1.165) is 39.1 Å². The maximum atomic E-state index is 9.61. The Labute approximate surface area is 83.2 Å². The maximum absolute atomic E-state index is 9.61. The van der Waals surface area contributed by atoms with Crippen molar-refractivity contribution >= 4 is 11.8 Å². The largest absolute Gasteiger partial charge is 0.391 e. The number of aliphatic hydroxyl groups excluding tert-OH is 1. The minimum atomic E-state index is -0.146. The summed E-state index contributed by atoms with van der Waals surface area (Å²) in [6.07, 6.45) is 2.15. The molecule has 13 heavy (non-hydrogen) atoms. The molecule has 2 fully saturated rings. The highest BCUT2D eigenvalue weighted by molar-refractivity contribution is 8.00. The van der Waals surface area contributed by atoms with Gasteiger partial charge < -0.3 is 15.2 Å². The van der Waals surface area contributed by atoms with Gasteiger partial charge in [0.1, 0.15) is 0 Å². The molecule has 2 rings (SSSR count). The average molecular weight is 203 g/mol. The normalized spacial score (nSPS) is 36.7. The quantitative estimate of drug-likeness (QED) is 0.674. The molecule has 0 aromatic carbocycles. The van der Waals surface area contributed by atoms with E-state index in [-0.39, 0.29) is 6.10 Å². The van der Waals surface area contributed by atoms with E-state index in [1.807, 2.05) is 11.8 Å². The van der Waals surface area contributed by atoms with Crippen molar-refractivity contribution in [1.82, 2.24) is 5.32 Å². The number of rotatable bonds is 2. The molecule has 0 amide bonds. The third-order valence-electron chi connectivity index (χ3n) is 2.66. The van der Waals surface area contributed by atoms with Crippen LogP contribution in [-0.2, 0) is 4.74 Å². The highest BCUT2D eigenvalue weighted by atomic mass is 32.2. The molecule has 0 bridgehead atoms. The fourth-order valence-corrected chi connectivity index (χ4v) is 3.29. The van der Waals surface area contributed by atoms with E-state index < -0.39 is 0 Å². The lowest BCUT2D eigenvalue weighted by Gasteiger charge is -2.25. The highest BCUT2D eigenvalue weighted by Crippen LogP contribution is 2.29. The maximum Gasteiger partial charge on any atom is 0.0795 e. The molecule has 3 nitrogen and oxygen atoms in total. The van der Waals surface area contributed by atoms with Crippen LogP contribution in [0, 0.1) is 0 Å². The molecule has 2 saturated heterocycles. The summed E-state index contributed by atoms with van der Waals surface area (Å²) in [6, 6.07) is 0. The first kappa shape index (κ1) is 9.77. The number of ether oxygens (including phenoxy) is 1. The smallest absolute Gasteiger partial charge is 0.0795 e. The van der Waals surface area contributed by atoms with Crippen molar-refractivity contribution in [3.8, 4) is 0 Å². The zero-order valence-electron chi connectivity index (χ0n) is 7.74. The van der Waals surface area contributed by atoms with Crippen LogP contribution < -0.4 is 5.32 Å². The van der Waals surface area contributed by atoms with Gasteiger partial charge in [-0.05, 0) is 12.8 Å². The first-order valence-electron chi connectivity index (χ1n) is 4.98. The SMILES string of the molecule is OC1CNCC1SC1CCOCC1. The molecule has 2 atom stereocenters. The fraction of sp³-hybridized carbons (Fsp3) is 1.00. The van der Waals surface area contributed by atoms with Gasteiger partial charge in [0, 0.05) is 36.8 Å². The van der Waals surface area contributed by atoms with Crippen molar-refractivity contribution in [2.24, 2.45) is 0 Å². The number of β-amino-alcohol motifs (C(OH)–C–C–N with tert-alkyl or cyclic N) is 1. The first-order valence-corrected chi connectivity index (χ1v) is 5.92. The van der Waals surface area contributed by atoms with Crippen LogP contribution in [0.4, 0.5) is 0 Å². The van der Waals surface area contributed by atoms with Crippen LogP contribution in [0.2, 0.25) is 0 Å². The van der Waals surface area contributed by atoms with Gasteiger partial charge in [-0.25, -0.2) is 0 Å². The average Bonchev–Trinajstić information content (AvgIpc) is 2.54. The summed E-state index contributed by atoms with van der Waals surface area (Å²) >= 11 is 1.94. The van der Waals surface area contributed by atoms with Crippen molar-refractivity contribution in [3.63, 3.8) is 0 Å². The van der Waals surface area contributed by atoms with E-state index in [0.29, 0.717) is 10.5 Å². The molecular formula is C9H17NO2S. The topological polar surface area (TPSA) is 41.5 Å². The molecular weight excluding hydrogens is 186 g/mol. The van der Waals surface area contributed by atoms with Crippen LogP contribution in [0.15, 0.2) is 0 Å². The van der Waals surface area contributed by atoms with Crippen LogP contribution in [0.3, 0.4) is 0 Å². The van der Waals surface area contributed by atoms with E-state index in [2.05, 4.69) is 5.32 Å². The van der Waals surface area contributed by atoms with Gasteiger partial charge in [0.2, 0.25) is 0 Å². The lowest BCUT2D eigenvalue weighted by Crippen LogP contribution is -2.26. The Morgan fingerprint density at radius 3 is 2.62 bits per heavy atom. The standard InChI is InChI=1S/C9H17NO2S/c11-8-5-10-6-9(8)13-7-1-3-12-4-2-7/h7-11H,1-6H2. The summed E-state index contributed by atoms with van der Waals surface area (Å²) in [5.74, 6) is 0. The Morgan fingerprint density at radius 2 is 2.00 bits per heavy atom. The van der Waals surface area contributed by atoms with Crippen molar-refractivity contribution < 1.29 is 9.84 Å². The predicted octanol–water partition coefficient (Wildman–Crippen LogP) is 0.231. The Balaban J connectivity index is 1.75. The number of aliphatic hydroxyl groups is 1. The zero-order chi connectivity index (χ0) is 9.10. The Bertz CT molecular complexity index is 162. The molecule has 0 saturated carbocycles. The molecule has 2 N–H and O–H groups in total. The van der Waals surface area contributed by atoms with E-state index in [9.17, 15) is 5.11 Å². The van der Waals surface area contributed by atoms with Crippen molar-refractivity contribution in [3.05, 3.63) is 0 Å². The van der Waals surface area contributed by atoms with Gasteiger partial charge in [0.05, 0.1) is 6.10 Å². The molecule has 0 aromatic rings. The Hall–Kier alpha value is 0.230. The van der Waals surface area contributed by atoms with E-state index >= 15 is 0 Å². The Morgan fingerprint density at radius 1 is 1.23 bits per heavy atom. The molecule has 4 heteroatoms. The summed E-state index contributed by atoms with van der Waals surface area (Å²) in [5.41, 5.74) is 0. The van der Waals surface area contributed by atoms with Gasteiger partial charge in [-0.2, -0.15) is 11.8 Å². The van der Waals surface area contributed by atoms with Crippen molar-refractivity contribution in [1.29, 1.82) is 0 Å². The number of hydrogen-bond acceptors (Lipinski definition) is 4. The van der Waals surface area contributed by atoms with E-state index in [1.165, 1.54) is 0 Å². The van der Waals surface area contributed by atoms with Gasteiger partial charge in [0.25, 0.3) is 0 Å². The lowest BCUT2D eigenvalue weighted by atomic mass is 10.2. The van der Waals surface area contributed by atoms with Gasteiger partial charge in [0.15, 0.2) is 0 Å². The fourth-order valence-electron chi connectivity index (χ4n) is 1.84. The zero-order valence-corrected chi connectivity index (χ0v) is 8.55. The number of thioether (sulfide) groups is 1. The van der Waals surface area contributed by atoms with E-state index in [1.54, 1.807) is 0 Å². The van der Waals surface area contributed by atoms with Crippen LogP contribution in [-0.4, -0.2) is 48.0 Å². The number of nitrogens with one attached hydrogen (secondary N) is 1. The third-order valence-corrected chi connectivity index (χ3v) is 4.35. The molecule has 2 aliphatic heterocycles. The molecule has 0 aliphatic carbocycles. The first-order chi connectivity index (χ1) is 6.36. The van der Waals surface area contributed by atoms with Gasteiger partial charge in [-0.1, -0.05) is 0 Å². The van der Waals surface area contributed by atoms with Crippen LogP contribution in [0.1, 0.15) is 12.8 Å². The summed E-state index contributed by atoms with van der Waals surface area (Å²) in [7, 11) is 0. The van der Waals surface area contributed by atoms with Crippen LogP contribution in [0.25, 0.3) is 0 Å². The Kier molecular flexibility index (Phi) is 3.49. The lowest BCUT2D eigenvalue weighted by molar-refractivity contribution is 0.0997. The second kappa shape index (κ2) is 4.64. The van der Waals surface area contributed by atoms with Crippen molar-refractivity contribution in [2.75, 3.05) is 26.3 Å². The molecule has 0 aromatic heterocycles. The summed E-state index contributed by atoms with van der Waals surface area (Å²) in [6.45, 7) is 3.52. The third kappa shape index (κ3) is 2.59. The molecule has 2 aliphatic rings. The molecule has 0 spiro atoms. The minimum absolute atomic E-state index is 0.146. The van der Waals surface area contributed by atoms with Crippen LogP contribution in [0.5, 0.6) is 0 Å². The van der Waals surface area contributed by atoms with Crippen LogP contribution >= 0.6 is 11.8 Å². The minimum Gasteiger partial charge on any atom is -0.391 e. The summed E-state index contributed by atoms with van der Waals surface area (Å²) in [5, 5.41) is 13.9. The van der Waals surface area contributed by atoms with Crippen molar-refractivity contribution in [2.45, 2.75) is 29.4 Å². The number of hydrogen-bond donors (Lipinski definition) is 2. The molecule has 0 radical (unpaired) electrons. The monoisotopic (exact) mass is 203 g/mol.